The van der Waals surface area contributed by atoms with E-state index in [-0.39, 0.29) is 0 Å². The van der Waals surface area contributed by atoms with Crippen molar-refractivity contribution in [1.29, 1.82) is 0 Å². The lowest BCUT2D eigenvalue weighted by atomic mass is 10.1. The average molecular weight is 217 g/mol. The maximum atomic E-state index is 5.40. The van der Waals surface area contributed by atoms with E-state index in [1.807, 2.05) is 0 Å². The van der Waals surface area contributed by atoms with Crippen molar-refractivity contribution in [2.45, 2.75) is 26.3 Å². The van der Waals surface area contributed by atoms with E-state index >= 15 is 0 Å². The van der Waals surface area contributed by atoms with Crippen LogP contribution in [0.2, 0.25) is 0 Å². The fourth-order valence-corrected chi connectivity index (χ4v) is 1.51. The molecule has 4 nitrogen and oxygen atoms in total. The number of rotatable bonds is 4. The first kappa shape index (κ1) is 10.8. The van der Waals surface area contributed by atoms with Crippen molar-refractivity contribution in [2.24, 2.45) is 5.73 Å². The molecule has 0 bridgehead atoms. The molecule has 0 atom stereocenters. The summed E-state index contributed by atoms with van der Waals surface area (Å²) in [6.07, 6.45) is 1.72. The van der Waals surface area contributed by atoms with Crippen LogP contribution in [0, 0.1) is 0 Å². The number of hydrogen-bond acceptors (Lipinski definition) is 4. The van der Waals surface area contributed by atoms with E-state index in [9.17, 15) is 0 Å². The molecule has 0 radical (unpaired) electrons. The van der Waals surface area contributed by atoms with Gasteiger partial charge in [0.05, 0.1) is 13.0 Å². The van der Waals surface area contributed by atoms with Crippen LogP contribution in [0.4, 0.5) is 0 Å². The zero-order chi connectivity index (χ0) is 11.4. The van der Waals surface area contributed by atoms with Crippen molar-refractivity contribution >= 4 is 0 Å². The van der Waals surface area contributed by atoms with Crippen molar-refractivity contribution in [3.05, 3.63) is 47.2 Å². The van der Waals surface area contributed by atoms with Crippen LogP contribution in [0.25, 0.3) is 0 Å². The molecule has 0 saturated heterocycles. The molecular weight excluding hydrogens is 202 g/mol. The molecule has 0 aliphatic carbocycles. The van der Waals surface area contributed by atoms with Crippen molar-refractivity contribution in [1.82, 2.24) is 10.2 Å². The third-order valence-corrected chi connectivity index (χ3v) is 2.47. The van der Waals surface area contributed by atoms with Crippen LogP contribution in [0.5, 0.6) is 0 Å². The predicted octanol–water partition coefficient (Wildman–Crippen LogP) is 1.68. The van der Waals surface area contributed by atoms with Gasteiger partial charge in [0.15, 0.2) is 0 Å². The summed E-state index contributed by atoms with van der Waals surface area (Å²) in [5.74, 6) is 1.10. The van der Waals surface area contributed by atoms with Crippen molar-refractivity contribution < 1.29 is 4.42 Å². The summed E-state index contributed by atoms with van der Waals surface area (Å²) in [6, 6.07) is 8.42. The number of nitrogens with zero attached hydrogens (tertiary/aromatic N) is 2. The van der Waals surface area contributed by atoms with Crippen LogP contribution in [0.3, 0.4) is 0 Å². The van der Waals surface area contributed by atoms with Gasteiger partial charge in [0.1, 0.15) is 0 Å². The topological polar surface area (TPSA) is 64.9 Å². The molecule has 2 N–H and O–H groups in total. The van der Waals surface area contributed by atoms with Gasteiger partial charge in [0, 0.05) is 0 Å². The Labute approximate surface area is 94.5 Å². The lowest BCUT2D eigenvalue weighted by Crippen LogP contribution is -1.95. The molecule has 2 aromatic rings. The van der Waals surface area contributed by atoms with Gasteiger partial charge in [0.2, 0.25) is 11.8 Å². The molecule has 84 valence electrons. The Morgan fingerprint density at radius 1 is 1.06 bits per heavy atom. The molecule has 16 heavy (non-hydrogen) atoms. The van der Waals surface area contributed by atoms with E-state index in [2.05, 4.69) is 41.4 Å². The van der Waals surface area contributed by atoms with E-state index in [4.69, 9.17) is 10.2 Å². The molecule has 0 aliphatic rings. The number of benzene rings is 1. The van der Waals surface area contributed by atoms with Gasteiger partial charge in [-0.15, -0.1) is 10.2 Å². The molecule has 1 heterocycles. The van der Waals surface area contributed by atoms with E-state index in [1.165, 1.54) is 11.1 Å². The van der Waals surface area contributed by atoms with E-state index < -0.39 is 0 Å². The zero-order valence-electron chi connectivity index (χ0n) is 9.31. The van der Waals surface area contributed by atoms with Gasteiger partial charge in [0.25, 0.3) is 0 Å². The fraction of sp³-hybridized carbons (Fsp3) is 0.333. The third-order valence-electron chi connectivity index (χ3n) is 2.47. The minimum absolute atomic E-state index is 0.293. The second-order valence-electron chi connectivity index (χ2n) is 3.64. The molecule has 1 aromatic carbocycles. The Bertz CT molecular complexity index is 448. The quantitative estimate of drug-likeness (QED) is 0.846. The predicted molar refractivity (Wildman–Crippen MR) is 60.8 cm³/mol. The minimum atomic E-state index is 0.293. The largest absolute Gasteiger partial charge is 0.424 e. The van der Waals surface area contributed by atoms with Crippen LogP contribution in [-0.4, -0.2) is 10.2 Å². The van der Waals surface area contributed by atoms with Crippen LogP contribution < -0.4 is 5.73 Å². The molecular formula is C12H15N3O. The summed E-state index contributed by atoms with van der Waals surface area (Å²) in [5, 5.41) is 7.75. The van der Waals surface area contributed by atoms with E-state index in [1.54, 1.807) is 0 Å². The van der Waals surface area contributed by atoms with Gasteiger partial charge in [-0.05, 0) is 17.5 Å². The highest BCUT2D eigenvalue weighted by atomic mass is 16.4. The van der Waals surface area contributed by atoms with E-state index in [0.29, 0.717) is 24.7 Å². The smallest absolute Gasteiger partial charge is 0.230 e. The number of aromatic nitrogens is 2. The third kappa shape index (κ3) is 2.46. The normalized spacial score (nSPS) is 10.6. The number of aryl methyl sites for hydroxylation is 1. The van der Waals surface area contributed by atoms with Crippen LogP contribution in [0.1, 0.15) is 29.8 Å². The summed E-state index contributed by atoms with van der Waals surface area (Å²) in [5.41, 5.74) is 7.90. The molecule has 0 saturated carbocycles. The highest BCUT2D eigenvalue weighted by molar-refractivity contribution is 5.24. The first-order chi connectivity index (χ1) is 7.81. The van der Waals surface area contributed by atoms with Gasteiger partial charge in [-0.1, -0.05) is 31.2 Å². The highest BCUT2D eigenvalue weighted by Crippen LogP contribution is 2.10. The molecule has 0 spiro atoms. The summed E-state index contributed by atoms with van der Waals surface area (Å²) in [4.78, 5) is 0. The molecule has 0 unspecified atom stereocenters. The molecule has 0 fully saturated rings. The Kier molecular flexibility index (Phi) is 3.31. The molecule has 1 aromatic heterocycles. The lowest BCUT2D eigenvalue weighted by molar-refractivity contribution is 0.459. The SMILES string of the molecule is CCc1ccc(Cc2nnc(CN)o2)cc1. The summed E-state index contributed by atoms with van der Waals surface area (Å²) in [6.45, 7) is 2.43. The zero-order valence-corrected chi connectivity index (χ0v) is 9.31. The maximum Gasteiger partial charge on any atom is 0.230 e. The number of nitrogens with two attached hydrogens (primary N) is 1. The maximum absolute atomic E-state index is 5.40. The van der Waals surface area contributed by atoms with Gasteiger partial charge in [-0.25, -0.2) is 0 Å². The van der Waals surface area contributed by atoms with Crippen LogP contribution in [0.15, 0.2) is 28.7 Å². The average Bonchev–Trinajstić information content (AvgIpc) is 2.78. The second kappa shape index (κ2) is 4.90. The van der Waals surface area contributed by atoms with Crippen molar-refractivity contribution in [3.63, 3.8) is 0 Å². The number of hydrogen-bond donors (Lipinski definition) is 1. The second-order valence-corrected chi connectivity index (χ2v) is 3.64. The van der Waals surface area contributed by atoms with Crippen LogP contribution in [-0.2, 0) is 19.4 Å². The Balaban J connectivity index is 2.08. The van der Waals surface area contributed by atoms with Gasteiger partial charge in [-0.2, -0.15) is 0 Å². The van der Waals surface area contributed by atoms with E-state index in [0.717, 1.165) is 6.42 Å². The standard InChI is InChI=1S/C12H15N3O/c1-2-9-3-5-10(6-4-9)7-11-14-15-12(8-13)16-11/h3-6H,2,7-8,13H2,1H3. The molecule has 4 heteroatoms. The Morgan fingerprint density at radius 3 is 2.25 bits per heavy atom. The van der Waals surface area contributed by atoms with Crippen molar-refractivity contribution in [3.8, 4) is 0 Å². The van der Waals surface area contributed by atoms with Crippen LogP contribution >= 0.6 is 0 Å². The van der Waals surface area contributed by atoms with Gasteiger partial charge < -0.3 is 10.2 Å². The highest BCUT2D eigenvalue weighted by Gasteiger charge is 2.05. The van der Waals surface area contributed by atoms with Gasteiger partial charge >= 0.3 is 0 Å². The van der Waals surface area contributed by atoms with Gasteiger partial charge in [-0.3, -0.25) is 0 Å². The first-order valence-corrected chi connectivity index (χ1v) is 5.41. The lowest BCUT2D eigenvalue weighted by Gasteiger charge is -1.99. The Morgan fingerprint density at radius 2 is 1.69 bits per heavy atom. The summed E-state index contributed by atoms with van der Waals surface area (Å²) >= 11 is 0. The molecule has 2 rings (SSSR count). The van der Waals surface area contributed by atoms with Crippen molar-refractivity contribution in [2.75, 3.05) is 0 Å². The first-order valence-electron chi connectivity index (χ1n) is 5.41. The fourth-order valence-electron chi connectivity index (χ4n) is 1.51. The molecule has 0 amide bonds. The minimum Gasteiger partial charge on any atom is -0.424 e. The Hall–Kier alpha value is -1.68. The summed E-state index contributed by atoms with van der Waals surface area (Å²) in [7, 11) is 0. The molecule has 0 aliphatic heterocycles. The summed E-state index contributed by atoms with van der Waals surface area (Å²) < 4.78 is 5.35. The monoisotopic (exact) mass is 217 g/mol.